The summed E-state index contributed by atoms with van der Waals surface area (Å²) >= 11 is 3.34. The van der Waals surface area contributed by atoms with Crippen LogP contribution in [0, 0.1) is 0 Å². The van der Waals surface area contributed by atoms with E-state index in [0.717, 1.165) is 9.86 Å². The van der Waals surface area contributed by atoms with Crippen LogP contribution in [-0.2, 0) is 4.79 Å². The number of halogens is 1. The fourth-order valence-electron chi connectivity index (χ4n) is 1.34. The second-order valence-electron chi connectivity index (χ2n) is 3.28. The van der Waals surface area contributed by atoms with Crippen molar-refractivity contribution in [3.63, 3.8) is 0 Å². The average molecular weight is 281 g/mol. The van der Waals surface area contributed by atoms with Crippen LogP contribution in [0.3, 0.4) is 0 Å². The fourth-order valence-corrected chi connectivity index (χ4v) is 1.70. The molecule has 1 aromatic carbocycles. The van der Waals surface area contributed by atoms with E-state index in [4.69, 9.17) is 5.73 Å². The number of hydrogen-bond acceptors (Lipinski definition) is 4. The molecule has 0 radical (unpaired) electrons. The van der Waals surface area contributed by atoms with E-state index in [1.807, 2.05) is 18.2 Å². The number of nitrogens with one attached hydrogen (secondary N) is 1. The highest BCUT2D eigenvalue weighted by atomic mass is 79.9. The van der Waals surface area contributed by atoms with Gasteiger partial charge in [0.15, 0.2) is 0 Å². The molecule has 2 aromatic rings. The van der Waals surface area contributed by atoms with Crippen LogP contribution in [0.25, 0.3) is 10.9 Å². The molecule has 0 spiro atoms. The summed E-state index contributed by atoms with van der Waals surface area (Å²) in [7, 11) is 0. The second-order valence-corrected chi connectivity index (χ2v) is 4.19. The van der Waals surface area contributed by atoms with Crippen molar-refractivity contribution in [2.75, 3.05) is 11.1 Å². The molecule has 0 saturated heterocycles. The van der Waals surface area contributed by atoms with Crippen LogP contribution in [-0.4, -0.2) is 15.9 Å². The van der Waals surface area contributed by atoms with Crippen LogP contribution < -0.4 is 11.1 Å². The molecule has 0 aliphatic rings. The zero-order valence-corrected chi connectivity index (χ0v) is 10.1. The van der Waals surface area contributed by atoms with Crippen molar-refractivity contribution < 1.29 is 4.79 Å². The van der Waals surface area contributed by atoms with Crippen molar-refractivity contribution in [3.05, 3.63) is 22.7 Å². The standard InChI is InChI=1S/C10H9BrN4O/c1-5(16)13-10-14-8-3-2-6(11)4-7(8)9(12)15-10/h2-4H,1H3,(H3,12,13,14,15,16). The molecule has 1 heterocycles. The lowest BCUT2D eigenvalue weighted by Gasteiger charge is -2.05. The minimum absolute atomic E-state index is 0.222. The Morgan fingerprint density at radius 3 is 2.88 bits per heavy atom. The zero-order valence-electron chi connectivity index (χ0n) is 8.49. The minimum atomic E-state index is -0.226. The van der Waals surface area contributed by atoms with Gasteiger partial charge >= 0.3 is 0 Å². The second kappa shape index (κ2) is 4.05. The van der Waals surface area contributed by atoms with Gasteiger partial charge in [0.05, 0.1) is 5.52 Å². The van der Waals surface area contributed by atoms with Gasteiger partial charge in [0.2, 0.25) is 11.9 Å². The summed E-state index contributed by atoms with van der Waals surface area (Å²) in [5, 5.41) is 3.25. The van der Waals surface area contributed by atoms with E-state index in [1.165, 1.54) is 6.92 Å². The molecular formula is C10H9BrN4O. The third kappa shape index (κ3) is 2.11. The number of carbonyl (C=O) groups is 1. The molecule has 5 nitrogen and oxygen atoms in total. The molecule has 1 amide bonds. The first-order valence-corrected chi connectivity index (χ1v) is 5.36. The fraction of sp³-hybridized carbons (Fsp3) is 0.100. The van der Waals surface area contributed by atoms with Gasteiger partial charge in [-0.15, -0.1) is 0 Å². The summed E-state index contributed by atoms with van der Waals surface area (Å²) in [5.41, 5.74) is 6.47. The van der Waals surface area contributed by atoms with Crippen molar-refractivity contribution in [1.29, 1.82) is 0 Å². The van der Waals surface area contributed by atoms with Crippen LogP contribution in [0.15, 0.2) is 22.7 Å². The van der Waals surface area contributed by atoms with E-state index < -0.39 is 0 Å². The number of fused-ring (bicyclic) bond motifs is 1. The Morgan fingerprint density at radius 2 is 2.19 bits per heavy atom. The van der Waals surface area contributed by atoms with E-state index in [2.05, 4.69) is 31.2 Å². The molecule has 2 rings (SSSR count). The van der Waals surface area contributed by atoms with E-state index >= 15 is 0 Å². The molecule has 0 saturated carbocycles. The summed E-state index contributed by atoms with van der Waals surface area (Å²) in [4.78, 5) is 19.0. The normalized spacial score (nSPS) is 10.4. The number of nitrogens with two attached hydrogens (primary N) is 1. The van der Waals surface area contributed by atoms with Crippen LogP contribution in [0.2, 0.25) is 0 Å². The Morgan fingerprint density at radius 1 is 1.44 bits per heavy atom. The number of hydrogen-bond donors (Lipinski definition) is 2. The molecule has 3 N–H and O–H groups in total. The number of amides is 1. The van der Waals surface area contributed by atoms with Gasteiger partial charge < -0.3 is 5.73 Å². The molecule has 0 bridgehead atoms. The number of nitrogens with zero attached hydrogens (tertiary/aromatic N) is 2. The van der Waals surface area contributed by atoms with Gasteiger partial charge in [-0.05, 0) is 18.2 Å². The number of carbonyl (C=O) groups excluding carboxylic acids is 1. The lowest BCUT2D eigenvalue weighted by molar-refractivity contribution is -0.114. The smallest absolute Gasteiger partial charge is 0.231 e. The summed E-state index contributed by atoms with van der Waals surface area (Å²) in [6.07, 6.45) is 0. The number of aromatic nitrogens is 2. The third-order valence-corrected chi connectivity index (χ3v) is 2.47. The quantitative estimate of drug-likeness (QED) is 0.837. The molecule has 0 aliphatic heterocycles. The monoisotopic (exact) mass is 280 g/mol. The van der Waals surface area contributed by atoms with Gasteiger partial charge in [0, 0.05) is 16.8 Å². The van der Waals surface area contributed by atoms with Gasteiger partial charge in [0.1, 0.15) is 5.82 Å². The highest BCUT2D eigenvalue weighted by Gasteiger charge is 2.06. The summed E-state index contributed by atoms with van der Waals surface area (Å²) < 4.78 is 0.905. The zero-order chi connectivity index (χ0) is 11.7. The van der Waals surface area contributed by atoms with Gasteiger partial charge in [-0.3, -0.25) is 10.1 Å². The average Bonchev–Trinajstić information content (AvgIpc) is 2.18. The SMILES string of the molecule is CC(=O)Nc1nc(N)c2cc(Br)ccc2n1. The van der Waals surface area contributed by atoms with Crippen molar-refractivity contribution in [3.8, 4) is 0 Å². The molecule has 1 aromatic heterocycles. The number of rotatable bonds is 1. The Labute approximate surface area is 100 Å². The maximum atomic E-state index is 10.9. The molecule has 6 heteroatoms. The van der Waals surface area contributed by atoms with Crippen molar-refractivity contribution in [2.24, 2.45) is 0 Å². The number of nitrogen functional groups attached to an aromatic ring is 1. The summed E-state index contributed by atoms with van der Waals surface area (Å²) in [5.74, 6) is 0.339. The van der Waals surface area contributed by atoms with E-state index in [-0.39, 0.29) is 11.9 Å². The van der Waals surface area contributed by atoms with Crippen LogP contribution >= 0.6 is 15.9 Å². The molecule has 0 aliphatic carbocycles. The molecule has 0 fully saturated rings. The summed E-state index contributed by atoms with van der Waals surface area (Å²) in [6, 6.07) is 5.50. The Balaban J connectivity index is 2.59. The molecule has 16 heavy (non-hydrogen) atoms. The van der Waals surface area contributed by atoms with Crippen LogP contribution in [0.4, 0.5) is 11.8 Å². The Bertz CT molecular complexity index is 570. The predicted octanol–water partition coefficient (Wildman–Crippen LogP) is 1.93. The molecule has 82 valence electrons. The maximum Gasteiger partial charge on any atom is 0.231 e. The first-order chi connectivity index (χ1) is 7.56. The lowest BCUT2D eigenvalue weighted by Crippen LogP contribution is -2.10. The predicted molar refractivity (Wildman–Crippen MR) is 66.0 cm³/mol. The van der Waals surface area contributed by atoms with Gasteiger partial charge in [-0.1, -0.05) is 15.9 Å². The molecule has 0 unspecified atom stereocenters. The Kier molecular flexibility index (Phi) is 2.74. The largest absolute Gasteiger partial charge is 0.383 e. The Hall–Kier alpha value is -1.69. The molecular weight excluding hydrogens is 272 g/mol. The van der Waals surface area contributed by atoms with E-state index in [0.29, 0.717) is 11.3 Å². The van der Waals surface area contributed by atoms with E-state index in [9.17, 15) is 4.79 Å². The van der Waals surface area contributed by atoms with E-state index in [1.54, 1.807) is 0 Å². The number of anilines is 2. The van der Waals surface area contributed by atoms with Crippen LogP contribution in [0.1, 0.15) is 6.92 Å². The van der Waals surface area contributed by atoms with Gasteiger partial charge in [-0.25, -0.2) is 4.98 Å². The van der Waals surface area contributed by atoms with Crippen LogP contribution in [0.5, 0.6) is 0 Å². The first-order valence-electron chi connectivity index (χ1n) is 4.56. The minimum Gasteiger partial charge on any atom is -0.383 e. The molecule has 0 atom stereocenters. The van der Waals surface area contributed by atoms with Crippen molar-refractivity contribution in [2.45, 2.75) is 6.92 Å². The van der Waals surface area contributed by atoms with Crippen molar-refractivity contribution >= 4 is 44.5 Å². The van der Waals surface area contributed by atoms with Crippen molar-refractivity contribution in [1.82, 2.24) is 9.97 Å². The summed E-state index contributed by atoms with van der Waals surface area (Å²) in [6.45, 7) is 1.39. The number of benzene rings is 1. The topological polar surface area (TPSA) is 80.9 Å². The highest BCUT2D eigenvalue weighted by molar-refractivity contribution is 9.10. The third-order valence-electron chi connectivity index (χ3n) is 1.98. The lowest BCUT2D eigenvalue weighted by atomic mass is 10.2. The first kappa shape index (κ1) is 10.8. The van der Waals surface area contributed by atoms with Gasteiger partial charge in [-0.2, -0.15) is 4.98 Å². The highest BCUT2D eigenvalue weighted by Crippen LogP contribution is 2.23. The maximum absolute atomic E-state index is 10.9. The van der Waals surface area contributed by atoms with Gasteiger partial charge in [0.25, 0.3) is 0 Å².